The smallest absolute Gasteiger partial charge is 0.265 e. The number of rotatable bonds is 6. The van der Waals surface area contributed by atoms with E-state index in [1.807, 2.05) is 30.3 Å². The zero-order chi connectivity index (χ0) is 12.0. The van der Waals surface area contributed by atoms with Gasteiger partial charge in [0.05, 0.1) is 5.75 Å². The largest absolute Gasteiger partial charge is 0.286 e. The van der Waals surface area contributed by atoms with Crippen molar-refractivity contribution in [3.8, 4) is 0 Å². The monoisotopic (exact) mass is 260 g/mol. The Morgan fingerprint density at radius 3 is 2.38 bits per heavy atom. The second-order valence-electron chi connectivity index (χ2n) is 3.82. The Balaban J connectivity index is 2.65. The molecule has 3 nitrogen and oxygen atoms in total. The molecule has 5 heteroatoms. The molecule has 0 aliphatic rings. The number of hydrogen-bond donors (Lipinski definition) is 2. The van der Waals surface area contributed by atoms with E-state index in [0.29, 0.717) is 18.6 Å². The van der Waals surface area contributed by atoms with Crippen molar-refractivity contribution in [1.82, 2.24) is 0 Å². The van der Waals surface area contributed by atoms with Crippen LogP contribution in [0.3, 0.4) is 0 Å². The van der Waals surface area contributed by atoms with E-state index in [4.69, 9.17) is 4.55 Å². The van der Waals surface area contributed by atoms with Crippen molar-refractivity contribution in [3.63, 3.8) is 0 Å². The molecule has 90 valence electrons. The van der Waals surface area contributed by atoms with Crippen molar-refractivity contribution in [2.24, 2.45) is 5.92 Å². The molecule has 1 unspecified atom stereocenters. The van der Waals surface area contributed by atoms with Gasteiger partial charge in [0.25, 0.3) is 10.1 Å². The first-order chi connectivity index (χ1) is 7.51. The Hall–Kier alpha value is -0.520. The Morgan fingerprint density at radius 2 is 1.88 bits per heavy atom. The van der Waals surface area contributed by atoms with Gasteiger partial charge < -0.3 is 0 Å². The van der Waals surface area contributed by atoms with Gasteiger partial charge in [0.1, 0.15) is 0 Å². The molecular weight excluding hydrogens is 244 g/mol. The van der Waals surface area contributed by atoms with Gasteiger partial charge in [0.15, 0.2) is 0 Å². The third-order valence-electron chi connectivity index (χ3n) is 2.35. The van der Waals surface area contributed by atoms with Crippen LogP contribution in [0.4, 0.5) is 0 Å². The fraction of sp³-hybridized carbons (Fsp3) is 0.455. The Labute approximate surface area is 102 Å². The summed E-state index contributed by atoms with van der Waals surface area (Å²) in [5, 5.41) is 0. The average Bonchev–Trinajstić information content (AvgIpc) is 2.17. The van der Waals surface area contributed by atoms with E-state index in [-0.39, 0.29) is 11.7 Å². The van der Waals surface area contributed by atoms with E-state index in [1.165, 1.54) is 0 Å². The summed E-state index contributed by atoms with van der Waals surface area (Å²) in [6.45, 7) is 0. The summed E-state index contributed by atoms with van der Waals surface area (Å²) in [7, 11) is -3.90. The summed E-state index contributed by atoms with van der Waals surface area (Å²) >= 11 is 4.10. The quantitative estimate of drug-likeness (QED) is 0.608. The molecule has 1 rings (SSSR count). The Morgan fingerprint density at radius 1 is 1.25 bits per heavy atom. The second kappa shape index (κ2) is 6.27. The van der Waals surface area contributed by atoms with Crippen molar-refractivity contribution in [2.45, 2.75) is 12.8 Å². The lowest BCUT2D eigenvalue weighted by Gasteiger charge is -2.13. The first kappa shape index (κ1) is 13.5. The highest BCUT2D eigenvalue weighted by Gasteiger charge is 2.16. The zero-order valence-corrected chi connectivity index (χ0v) is 10.6. The molecule has 0 saturated heterocycles. The van der Waals surface area contributed by atoms with Gasteiger partial charge in [-0.2, -0.15) is 21.0 Å². The van der Waals surface area contributed by atoms with E-state index in [2.05, 4.69) is 12.6 Å². The van der Waals surface area contributed by atoms with Crippen LogP contribution in [0.15, 0.2) is 30.3 Å². The van der Waals surface area contributed by atoms with Crippen LogP contribution in [0.5, 0.6) is 0 Å². The number of thiol groups is 1. The number of hydrogen-bond acceptors (Lipinski definition) is 3. The van der Waals surface area contributed by atoms with Crippen molar-refractivity contribution in [2.75, 3.05) is 11.5 Å². The predicted molar refractivity (Wildman–Crippen MR) is 68.5 cm³/mol. The molecule has 0 bridgehead atoms. The SMILES string of the molecule is O=S(=O)(O)CC(CCS)Cc1ccccc1. The van der Waals surface area contributed by atoms with E-state index >= 15 is 0 Å². The molecule has 1 N–H and O–H groups in total. The highest BCUT2D eigenvalue weighted by molar-refractivity contribution is 7.85. The molecule has 0 amide bonds. The lowest BCUT2D eigenvalue weighted by molar-refractivity contribution is 0.459. The summed E-state index contributed by atoms with van der Waals surface area (Å²) < 4.78 is 30.5. The van der Waals surface area contributed by atoms with Crippen LogP contribution in [0, 0.1) is 5.92 Å². The minimum absolute atomic E-state index is 0.0742. The molecule has 0 aliphatic carbocycles. The standard InChI is InChI=1S/C11H16O3S2/c12-16(13,14)9-11(6-7-15)8-10-4-2-1-3-5-10/h1-5,11,15H,6-9H2,(H,12,13,14). The first-order valence-corrected chi connectivity index (χ1v) is 7.35. The van der Waals surface area contributed by atoms with E-state index < -0.39 is 10.1 Å². The zero-order valence-electron chi connectivity index (χ0n) is 8.91. The molecule has 0 radical (unpaired) electrons. The maximum absolute atomic E-state index is 10.8. The van der Waals surface area contributed by atoms with Gasteiger partial charge in [-0.3, -0.25) is 4.55 Å². The predicted octanol–water partition coefficient (Wildman–Crippen LogP) is 2.05. The highest BCUT2D eigenvalue weighted by Crippen LogP contribution is 2.15. The van der Waals surface area contributed by atoms with Gasteiger partial charge in [-0.15, -0.1) is 0 Å². The highest BCUT2D eigenvalue weighted by atomic mass is 32.2. The van der Waals surface area contributed by atoms with Gasteiger partial charge in [0, 0.05) is 0 Å². The maximum Gasteiger partial charge on any atom is 0.265 e. The fourth-order valence-electron chi connectivity index (χ4n) is 1.67. The van der Waals surface area contributed by atoms with Gasteiger partial charge in [-0.1, -0.05) is 30.3 Å². The fourth-order valence-corrected chi connectivity index (χ4v) is 2.92. The third kappa shape index (κ3) is 5.53. The van der Waals surface area contributed by atoms with Crippen LogP contribution in [0.25, 0.3) is 0 Å². The molecular formula is C11H16O3S2. The lowest BCUT2D eigenvalue weighted by atomic mass is 9.99. The average molecular weight is 260 g/mol. The van der Waals surface area contributed by atoms with Crippen LogP contribution in [0.1, 0.15) is 12.0 Å². The van der Waals surface area contributed by atoms with Crippen LogP contribution in [0.2, 0.25) is 0 Å². The van der Waals surface area contributed by atoms with Crippen molar-refractivity contribution >= 4 is 22.7 Å². The molecule has 1 atom stereocenters. The minimum atomic E-state index is -3.90. The van der Waals surface area contributed by atoms with Gasteiger partial charge in [-0.25, -0.2) is 0 Å². The number of benzene rings is 1. The lowest BCUT2D eigenvalue weighted by Crippen LogP contribution is -2.18. The third-order valence-corrected chi connectivity index (χ3v) is 3.50. The van der Waals surface area contributed by atoms with Crippen LogP contribution < -0.4 is 0 Å². The Bertz CT molecular complexity index is 400. The van der Waals surface area contributed by atoms with Gasteiger partial charge in [-0.05, 0) is 30.1 Å². The molecule has 1 aromatic rings. The van der Waals surface area contributed by atoms with E-state index in [9.17, 15) is 8.42 Å². The topological polar surface area (TPSA) is 54.4 Å². The molecule has 0 saturated carbocycles. The molecule has 1 aromatic carbocycles. The summed E-state index contributed by atoms with van der Waals surface area (Å²) in [4.78, 5) is 0. The normalized spacial score (nSPS) is 13.6. The van der Waals surface area contributed by atoms with Crippen LogP contribution in [-0.4, -0.2) is 24.5 Å². The van der Waals surface area contributed by atoms with Gasteiger partial charge >= 0.3 is 0 Å². The Kier molecular flexibility index (Phi) is 5.31. The first-order valence-electron chi connectivity index (χ1n) is 5.11. The minimum Gasteiger partial charge on any atom is -0.286 e. The molecule has 0 aromatic heterocycles. The van der Waals surface area contributed by atoms with Crippen molar-refractivity contribution in [3.05, 3.63) is 35.9 Å². The molecule has 0 spiro atoms. The van der Waals surface area contributed by atoms with Crippen molar-refractivity contribution in [1.29, 1.82) is 0 Å². The summed E-state index contributed by atoms with van der Waals surface area (Å²) in [6, 6.07) is 9.66. The molecule has 0 heterocycles. The van der Waals surface area contributed by atoms with Crippen LogP contribution >= 0.6 is 12.6 Å². The van der Waals surface area contributed by atoms with Crippen molar-refractivity contribution < 1.29 is 13.0 Å². The van der Waals surface area contributed by atoms with Gasteiger partial charge in [0.2, 0.25) is 0 Å². The molecule has 16 heavy (non-hydrogen) atoms. The maximum atomic E-state index is 10.8. The van der Waals surface area contributed by atoms with Crippen LogP contribution in [-0.2, 0) is 16.5 Å². The second-order valence-corrected chi connectivity index (χ2v) is 5.76. The van der Waals surface area contributed by atoms with E-state index in [0.717, 1.165) is 5.56 Å². The summed E-state index contributed by atoms with van der Waals surface area (Å²) in [5.41, 5.74) is 1.08. The molecule has 0 aliphatic heterocycles. The summed E-state index contributed by atoms with van der Waals surface area (Å²) in [6.07, 6.45) is 1.33. The molecule has 0 fully saturated rings. The van der Waals surface area contributed by atoms with E-state index in [1.54, 1.807) is 0 Å². The summed E-state index contributed by atoms with van der Waals surface area (Å²) in [5.74, 6) is 0.352.